The zero-order valence-corrected chi connectivity index (χ0v) is 20.2. The highest BCUT2D eigenvalue weighted by Crippen LogP contribution is 2.29. The number of nitrogens with zero attached hydrogens (tertiary/aromatic N) is 1. The Balaban J connectivity index is 1.37. The van der Waals surface area contributed by atoms with Crippen LogP contribution in [0.4, 0.5) is 11.4 Å². The van der Waals surface area contributed by atoms with Crippen LogP contribution < -0.4 is 21.1 Å². The van der Waals surface area contributed by atoms with Crippen LogP contribution in [0.1, 0.15) is 16.1 Å². The second-order valence-electron chi connectivity index (χ2n) is 8.12. The number of hydrogen-bond donors (Lipinski definition) is 4. The van der Waals surface area contributed by atoms with E-state index in [1.807, 2.05) is 24.3 Å². The molecular formula is C26H20ClN5O5. The van der Waals surface area contributed by atoms with Gasteiger partial charge < -0.3 is 20.4 Å². The number of fused-ring (bicyclic) bond motifs is 1. The van der Waals surface area contributed by atoms with Gasteiger partial charge in [0.15, 0.2) is 5.82 Å². The van der Waals surface area contributed by atoms with Crippen LogP contribution in [0.5, 0.6) is 5.75 Å². The second kappa shape index (κ2) is 10.0. The van der Waals surface area contributed by atoms with Gasteiger partial charge in [-0.3, -0.25) is 19.1 Å². The summed E-state index contributed by atoms with van der Waals surface area (Å²) in [5.74, 6) is -0.594. The Morgan fingerprint density at radius 3 is 2.62 bits per heavy atom. The molecule has 5 aromatic rings. The number of carbonyl (C=O) groups is 2. The summed E-state index contributed by atoms with van der Waals surface area (Å²) in [6.45, 7) is 0. The molecule has 0 saturated heterocycles. The van der Waals surface area contributed by atoms with E-state index in [4.69, 9.17) is 16.3 Å². The second-order valence-corrected chi connectivity index (χ2v) is 8.55. The number of para-hydroxylation sites is 1. The molecule has 2 amide bonds. The topological polar surface area (TPSA) is 142 Å². The van der Waals surface area contributed by atoms with Crippen molar-refractivity contribution in [2.45, 2.75) is 6.42 Å². The highest BCUT2D eigenvalue weighted by atomic mass is 35.5. The number of anilines is 2. The van der Waals surface area contributed by atoms with Crippen molar-refractivity contribution in [3.63, 3.8) is 0 Å². The number of ether oxygens (including phenoxy) is 1. The molecule has 0 unspecified atom stereocenters. The van der Waals surface area contributed by atoms with Crippen LogP contribution in [0, 0.1) is 0 Å². The number of halogens is 1. The lowest BCUT2D eigenvalue weighted by Crippen LogP contribution is -2.15. The fourth-order valence-electron chi connectivity index (χ4n) is 3.90. The zero-order chi connectivity index (χ0) is 25.9. The van der Waals surface area contributed by atoms with Crippen LogP contribution in [0.2, 0.25) is 5.02 Å². The molecule has 0 atom stereocenters. The van der Waals surface area contributed by atoms with Gasteiger partial charge in [0.1, 0.15) is 11.4 Å². The number of aromatic amines is 2. The van der Waals surface area contributed by atoms with Crippen molar-refractivity contribution in [3.8, 4) is 17.1 Å². The van der Waals surface area contributed by atoms with Crippen molar-refractivity contribution in [3.05, 3.63) is 93.6 Å². The molecule has 2 heterocycles. The standard InChI is InChI=1S/C26H20ClN5O5/c1-36-17-6-2-4-14(10-17)11-22(33)28-20-7-3-5-15-12-21(29-23(15)20)25(34)30-19-9-8-16(27)13-18(19)24-31-26(35)37-32-24/h2-10,12-13,29H,11H2,1H3,(H,28,33)(H,30,34)(H,31,32,35). The van der Waals surface area contributed by atoms with Crippen molar-refractivity contribution in [1.29, 1.82) is 0 Å². The molecule has 0 aliphatic rings. The summed E-state index contributed by atoms with van der Waals surface area (Å²) in [6.07, 6.45) is 0.158. The van der Waals surface area contributed by atoms with Crippen LogP contribution in [-0.4, -0.2) is 34.0 Å². The molecule has 2 aromatic heterocycles. The first-order chi connectivity index (χ1) is 17.9. The molecule has 10 nitrogen and oxygen atoms in total. The minimum atomic E-state index is -0.733. The van der Waals surface area contributed by atoms with Gasteiger partial charge in [-0.2, -0.15) is 0 Å². The van der Waals surface area contributed by atoms with E-state index in [9.17, 15) is 14.4 Å². The maximum Gasteiger partial charge on any atom is 0.439 e. The summed E-state index contributed by atoms with van der Waals surface area (Å²) in [7, 11) is 1.57. The molecule has 0 bridgehead atoms. The Labute approximate surface area is 214 Å². The van der Waals surface area contributed by atoms with E-state index >= 15 is 0 Å². The molecule has 186 valence electrons. The Bertz CT molecular complexity index is 1690. The first-order valence-corrected chi connectivity index (χ1v) is 11.5. The van der Waals surface area contributed by atoms with Crippen molar-refractivity contribution in [1.82, 2.24) is 15.1 Å². The largest absolute Gasteiger partial charge is 0.497 e. The van der Waals surface area contributed by atoms with Crippen molar-refractivity contribution >= 4 is 45.7 Å². The van der Waals surface area contributed by atoms with E-state index in [0.717, 1.165) is 10.9 Å². The van der Waals surface area contributed by atoms with Crippen LogP contribution in [0.3, 0.4) is 0 Å². The molecule has 4 N–H and O–H groups in total. The average Bonchev–Trinajstić information content (AvgIpc) is 3.52. The summed E-state index contributed by atoms with van der Waals surface area (Å²) in [6, 6.07) is 19.1. The Hall–Kier alpha value is -4.83. The van der Waals surface area contributed by atoms with Gasteiger partial charge in [-0.05, 0) is 48.0 Å². The summed E-state index contributed by atoms with van der Waals surface area (Å²) < 4.78 is 9.79. The van der Waals surface area contributed by atoms with Crippen molar-refractivity contribution in [2.75, 3.05) is 17.7 Å². The lowest BCUT2D eigenvalue weighted by molar-refractivity contribution is -0.115. The first kappa shape index (κ1) is 23.9. The minimum absolute atomic E-state index is 0.125. The quantitative estimate of drug-likeness (QED) is 0.248. The molecule has 11 heteroatoms. The lowest BCUT2D eigenvalue weighted by atomic mass is 10.1. The Kier molecular flexibility index (Phi) is 6.48. The third-order valence-electron chi connectivity index (χ3n) is 5.60. The predicted molar refractivity (Wildman–Crippen MR) is 139 cm³/mol. The van der Waals surface area contributed by atoms with E-state index in [1.165, 1.54) is 0 Å². The SMILES string of the molecule is COc1cccc(CC(=O)Nc2cccc3cc(C(=O)Nc4ccc(Cl)cc4-c4noc(=O)[nH]4)[nH]c23)c1. The maximum atomic E-state index is 13.1. The van der Waals surface area contributed by atoms with E-state index in [0.29, 0.717) is 33.2 Å². The minimum Gasteiger partial charge on any atom is -0.497 e. The van der Waals surface area contributed by atoms with Crippen LogP contribution in [0.25, 0.3) is 22.3 Å². The number of methoxy groups -OCH3 is 1. The zero-order valence-electron chi connectivity index (χ0n) is 19.4. The van der Waals surface area contributed by atoms with E-state index < -0.39 is 11.7 Å². The van der Waals surface area contributed by atoms with Crippen LogP contribution in [-0.2, 0) is 11.2 Å². The van der Waals surface area contributed by atoms with Gasteiger partial charge in [-0.25, -0.2) is 4.79 Å². The van der Waals surface area contributed by atoms with Crippen molar-refractivity contribution < 1.29 is 18.8 Å². The number of carbonyl (C=O) groups excluding carboxylic acids is 2. The Morgan fingerprint density at radius 2 is 1.84 bits per heavy atom. The van der Waals surface area contributed by atoms with Gasteiger partial charge in [-0.15, -0.1) is 0 Å². The molecule has 0 saturated carbocycles. The number of hydrogen-bond acceptors (Lipinski definition) is 6. The van der Waals surface area contributed by atoms with Gasteiger partial charge >= 0.3 is 5.76 Å². The van der Waals surface area contributed by atoms with Gasteiger partial charge in [0.2, 0.25) is 5.91 Å². The molecule has 0 aliphatic carbocycles. The normalized spacial score (nSPS) is 10.9. The molecule has 0 radical (unpaired) electrons. The summed E-state index contributed by atoms with van der Waals surface area (Å²) in [5.41, 5.74) is 2.96. The number of H-pyrrole nitrogens is 2. The molecule has 5 rings (SSSR count). The first-order valence-electron chi connectivity index (χ1n) is 11.1. The molecule has 0 aliphatic heterocycles. The van der Waals surface area contributed by atoms with Crippen LogP contribution >= 0.6 is 11.6 Å². The fraction of sp³-hybridized carbons (Fsp3) is 0.0769. The summed E-state index contributed by atoms with van der Waals surface area (Å²) in [4.78, 5) is 42.7. The number of aromatic nitrogens is 3. The van der Waals surface area contributed by atoms with Gasteiger partial charge in [0.25, 0.3) is 5.91 Å². The van der Waals surface area contributed by atoms with Gasteiger partial charge in [-0.1, -0.05) is 41.0 Å². The van der Waals surface area contributed by atoms with Gasteiger partial charge in [0.05, 0.1) is 30.4 Å². The van der Waals surface area contributed by atoms with Gasteiger partial charge in [0, 0.05) is 16.0 Å². The van der Waals surface area contributed by atoms with E-state index in [-0.39, 0.29) is 23.8 Å². The monoisotopic (exact) mass is 517 g/mol. The smallest absolute Gasteiger partial charge is 0.439 e. The van der Waals surface area contributed by atoms with E-state index in [2.05, 4.69) is 30.3 Å². The molecular weight excluding hydrogens is 498 g/mol. The number of nitrogens with one attached hydrogen (secondary N) is 4. The lowest BCUT2D eigenvalue weighted by Gasteiger charge is -2.09. The predicted octanol–water partition coefficient (Wildman–Crippen LogP) is 4.61. The summed E-state index contributed by atoms with van der Waals surface area (Å²) >= 11 is 6.10. The van der Waals surface area contributed by atoms with E-state index in [1.54, 1.807) is 49.6 Å². The number of rotatable bonds is 7. The molecule has 0 fully saturated rings. The highest BCUT2D eigenvalue weighted by molar-refractivity contribution is 6.31. The van der Waals surface area contributed by atoms with Crippen molar-refractivity contribution in [2.24, 2.45) is 0 Å². The third kappa shape index (κ3) is 5.24. The maximum absolute atomic E-state index is 13.1. The third-order valence-corrected chi connectivity index (χ3v) is 5.83. The number of benzene rings is 3. The number of amides is 2. The average molecular weight is 518 g/mol. The molecule has 0 spiro atoms. The molecule has 3 aromatic carbocycles. The molecule has 37 heavy (non-hydrogen) atoms. The summed E-state index contributed by atoms with van der Waals surface area (Å²) in [5, 5.41) is 10.5. The van der Waals surface area contributed by atoms with Crippen LogP contribution in [0.15, 0.2) is 76.0 Å². The Morgan fingerprint density at radius 1 is 1.00 bits per heavy atom. The highest BCUT2D eigenvalue weighted by Gasteiger charge is 2.17. The fourth-order valence-corrected chi connectivity index (χ4v) is 4.07.